The minimum absolute atomic E-state index is 0.295. The molecular formula is C13H14BrNS. The maximum atomic E-state index is 5.96. The summed E-state index contributed by atoms with van der Waals surface area (Å²) in [5.41, 5.74) is 6.25. The third-order valence-electron chi connectivity index (χ3n) is 3.72. The molecule has 1 saturated carbocycles. The van der Waals surface area contributed by atoms with Crippen LogP contribution in [0.3, 0.4) is 0 Å². The molecule has 0 bridgehead atoms. The van der Waals surface area contributed by atoms with Gasteiger partial charge in [-0.15, -0.1) is 11.3 Å². The Kier molecular flexibility index (Phi) is 2.57. The van der Waals surface area contributed by atoms with Crippen molar-refractivity contribution >= 4 is 37.4 Å². The van der Waals surface area contributed by atoms with Crippen LogP contribution in [0.25, 0.3) is 10.1 Å². The van der Waals surface area contributed by atoms with Crippen LogP contribution in [0.2, 0.25) is 0 Å². The van der Waals surface area contributed by atoms with Gasteiger partial charge in [-0.1, -0.05) is 18.6 Å². The predicted octanol–water partition coefficient (Wildman–Crippen LogP) is 4.04. The SMILES string of the molecule is NCC1(c2cc3cccc(Br)c3s2)CCC1. The molecule has 0 saturated heterocycles. The normalized spacial score (nSPS) is 18.6. The third-order valence-corrected chi connectivity index (χ3v) is 6.07. The molecule has 0 radical (unpaired) electrons. The quantitative estimate of drug-likeness (QED) is 0.889. The topological polar surface area (TPSA) is 26.0 Å². The molecule has 3 rings (SSSR count). The van der Waals surface area contributed by atoms with Crippen molar-refractivity contribution in [3.8, 4) is 0 Å². The van der Waals surface area contributed by atoms with Gasteiger partial charge in [0, 0.05) is 26.0 Å². The van der Waals surface area contributed by atoms with E-state index in [4.69, 9.17) is 5.73 Å². The zero-order chi connectivity index (χ0) is 11.2. The molecule has 0 spiro atoms. The maximum Gasteiger partial charge on any atom is 0.0487 e. The lowest BCUT2D eigenvalue weighted by molar-refractivity contribution is 0.258. The van der Waals surface area contributed by atoms with Crippen molar-refractivity contribution in [3.63, 3.8) is 0 Å². The monoisotopic (exact) mass is 295 g/mol. The van der Waals surface area contributed by atoms with Gasteiger partial charge in [-0.2, -0.15) is 0 Å². The average Bonchev–Trinajstić information content (AvgIpc) is 2.62. The molecule has 1 aliphatic rings. The number of rotatable bonds is 2. The lowest BCUT2D eigenvalue weighted by Crippen LogP contribution is -2.40. The lowest BCUT2D eigenvalue weighted by Gasteiger charge is -2.40. The van der Waals surface area contributed by atoms with Crippen LogP contribution in [0.1, 0.15) is 24.1 Å². The van der Waals surface area contributed by atoms with Gasteiger partial charge in [0.25, 0.3) is 0 Å². The molecule has 1 nitrogen and oxygen atoms in total. The molecule has 1 fully saturated rings. The highest BCUT2D eigenvalue weighted by Gasteiger charge is 2.38. The summed E-state index contributed by atoms with van der Waals surface area (Å²) < 4.78 is 2.56. The van der Waals surface area contributed by atoms with E-state index in [9.17, 15) is 0 Å². The van der Waals surface area contributed by atoms with Gasteiger partial charge in [0.05, 0.1) is 0 Å². The summed E-state index contributed by atoms with van der Waals surface area (Å²) in [5.74, 6) is 0. The van der Waals surface area contributed by atoms with Crippen LogP contribution in [0, 0.1) is 0 Å². The van der Waals surface area contributed by atoms with E-state index in [0.717, 1.165) is 6.54 Å². The van der Waals surface area contributed by atoms with E-state index in [0.29, 0.717) is 5.41 Å². The van der Waals surface area contributed by atoms with E-state index in [-0.39, 0.29) is 0 Å². The van der Waals surface area contributed by atoms with E-state index >= 15 is 0 Å². The highest BCUT2D eigenvalue weighted by atomic mass is 79.9. The molecule has 16 heavy (non-hydrogen) atoms. The number of fused-ring (bicyclic) bond motifs is 1. The van der Waals surface area contributed by atoms with E-state index in [1.165, 1.54) is 38.7 Å². The first kappa shape index (κ1) is 10.8. The average molecular weight is 296 g/mol. The minimum Gasteiger partial charge on any atom is -0.330 e. The molecule has 2 aromatic rings. The molecule has 0 aliphatic heterocycles. The van der Waals surface area contributed by atoms with E-state index < -0.39 is 0 Å². The molecule has 1 heterocycles. The summed E-state index contributed by atoms with van der Waals surface area (Å²) >= 11 is 5.52. The standard InChI is InChI=1S/C13H14BrNS/c14-10-4-1-3-9-7-11(16-12(9)10)13(8-15)5-2-6-13/h1,3-4,7H,2,5-6,8,15H2. The van der Waals surface area contributed by atoms with Crippen LogP contribution in [-0.2, 0) is 5.41 Å². The fourth-order valence-corrected chi connectivity index (χ4v) is 4.39. The second-order valence-corrected chi connectivity index (χ2v) is 6.51. The Bertz CT molecular complexity index is 522. The first-order valence-electron chi connectivity index (χ1n) is 5.64. The van der Waals surface area contributed by atoms with Crippen molar-refractivity contribution in [2.75, 3.05) is 6.54 Å². The lowest BCUT2D eigenvalue weighted by atomic mass is 9.68. The van der Waals surface area contributed by atoms with Crippen molar-refractivity contribution in [1.82, 2.24) is 0 Å². The molecule has 1 aromatic carbocycles. The van der Waals surface area contributed by atoms with Gasteiger partial charge in [-0.05, 0) is 46.3 Å². The smallest absolute Gasteiger partial charge is 0.0487 e. The van der Waals surface area contributed by atoms with Crippen LogP contribution >= 0.6 is 27.3 Å². The zero-order valence-corrected chi connectivity index (χ0v) is 11.4. The zero-order valence-electron chi connectivity index (χ0n) is 9.00. The predicted molar refractivity (Wildman–Crippen MR) is 74.1 cm³/mol. The highest BCUT2D eigenvalue weighted by Crippen LogP contribution is 2.47. The van der Waals surface area contributed by atoms with Gasteiger partial charge in [-0.25, -0.2) is 0 Å². The van der Waals surface area contributed by atoms with E-state index in [1.807, 2.05) is 11.3 Å². The van der Waals surface area contributed by atoms with Gasteiger partial charge in [0.15, 0.2) is 0 Å². The number of thiophene rings is 1. The molecule has 3 heteroatoms. The molecular weight excluding hydrogens is 282 g/mol. The minimum atomic E-state index is 0.295. The first-order chi connectivity index (χ1) is 7.75. The van der Waals surface area contributed by atoms with Crippen molar-refractivity contribution in [2.24, 2.45) is 5.73 Å². The van der Waals surface area contributed by atoms with Crippen molar-refractivity contribution < 1.29 is 0 Å². The molecule has 1 aliphatic carbocycles. The van der Waals surface area contributed by atoms with E-state index in [1.54, 1.807) is 0 Å². The van der Waals surface area contributed by atoms with Crippen LogP contribution in [0.15, 0.2) is 28.7 Å². The Morgan fingerprint density at radius 3 is 2.75 bits per heavy atom. The molecule has 2 N–H and O–H groups in total. The summed E-state index contributed by atoms with van der Waals surface area (Å²) in [6.07, 6.45) is 3.84. The number of nitrogens with two attached hydrogens (primary N) is 1. The Labute approximate surface area is 108 Å². The first-order valence-corrected chi connectivity index (χ1v) is 7.25. The van der Waals surface area contributed by atoms with Crippen LogP contribution in [-0.4, -0.2) is 6.54 Å². The Morgan fingerprint density at radius 1 is 1.38 bits per heavy atom. The second-order valence-electron chi connectivity index (χ2n) is 4.61. The molecule has 0 amide bonds. The van der Waals surface area contributed by atoms with Gasteiger partial charge >= 0.3 is 0 Å². The van der Waals surface area contributed by atoms with Gasteiger partial charge < -0.3 is 5.73 Å². The summed E-state index contributed by atoms with van der Waals surface area (Å²) in [6, 6.07) is 8.72. The molecule has 84 valence electrons. The van der Waals surface area contributed by atoms with Gasteiger partial charge in [0.2, 0.25) is 0 Å². The van der Waals surface area contributed by atoms with Gasteiger partial charge in [0.1, 0.15) is 0 Å². The number of benzene rings is 1. The molecule has 0 unspecified atom stereocenters. The van der Waals surface area contributed by atoms with Crippen molar-refractivity contribution in [2.45, 2.75) is 24.7 Å². The summed E-state index contributed by atoms with van der Waals surface area (Å²) in [7, 11) is 0. The summed E-state index contributed by atoms with van der Waals surface area (Å²) in [4.78, 5) is 1.48. The van der Waals surface area contributed by atoms with Crippen LogP contribution in [0.5, 0.6) is 0 Å². The summed E-state index contributed by atoms with van der Waals surface area (Å²) in [5, 5.41) is 1.34. The highest BCUT2D eigenvalue weighted by molar-refractivity contribution is 9.10. The Balaban J connectivity index is 2.15. The number of hydrogen-bond donors (Lipinski definition) is 1. The Hall–Kier alpha value is -0.380. The second kappa shape index (κ2) is 3.83. The third kappa shape index (κ3) is 1.45. The number of hydrogen-bond acceptors (Lipinski definition) is 2. The fraction of sp³-hybridized carbons (Fsp3) is 0.385. The van der Waals surface area contributed by atoms with Crippen LogP contribution < -0.4 is 5.73 Å². The van der Waals surface area contributed by atoms with Gasteiger partial charge in [-0.3, -0.25) is 0 Å². The largest absolute Gasteiger partial charge is 0.330 e. The van der Waals surface area contributed by atoms with E-state index in [2.05, 4.69) is 40.2 Å². The van der Waals surface area contributed by atoms with Crippen LogP contribution in [0.4, 0.5) is 0 Å². The van der Waals surface area contributed by atoms with Crippen molar-refractivity contribution in [1.29, 1.82) is 0 Å². The molecule has 0 atom stereocenters. The maximum absolute atomic E-state index is 5.96. The van der Waals surface area contributed by atoms with Crippen molar-refractivity contribution in [3.05, 3.63) is 33.6 Å². The summed E-state index contributed by atoms with van der Waals surface area (Å²) in [6.45, 7) is 0.789. The Morgan fingerprint density at radius 2 is 2.19 bits per heavy atom. The fourth-order valence-electron chi connectivity index (χ4n) is 2.44. The molecule has 1 aromatic heterocycles. The number of halogens is 1.